The van der Waals surface area contributed by atoms with E-state index in [4.69, 9.17) is 14.6 Å². The first-order valence-electron chi connectivity index (χ1n) is 15.4. The van der Waals surface area contributed by atoms with Crippen molar-refractivity contribution >= 4 is 34.4 Å². The first-order valence-corrected chi connectivity index (χ1v) is 16.3. The molecule has 237 valence electrons. The Balaban J connectivity index is 1.24. The first-order chi connectivity index (χ1) is 23.6. The molecule has 0 amide bonds. The van der Waals surface area contributed by atoms with Crippen LogP contribution in [0, 0.1) is 0 Å². The van der Waals surface area contributed by atoms with Crippen LogP contribution in [0.4, 0.5) is 5.13 Å². The molecule has 0 aliphatic rings. The molecular weight excluding hydrogens is 619 g/mol. The molecule has 0 unspecified atom stereocenters. The summed E-state index contributed by atoms with van der Waals surface area (Å²) < 4.78 is 5.89. The highest BCUT2D eigenvalue weighted by molar-refractivity contribution is 7.14. The number of rotatable bonds is 13. The normalized spacial score (nSPS) is 12.2. The number of aromatic nitrogens is 1. The molecule has 1 radical (unpaired) electrons. The number of nitrogens with zero attached hydrogens (tertiary/aromatic N) is 2. The predicted molar refractivity (Wildman–Crippen MR) is 189 cm³/mol. The summed E-state index contributed by atoms with van der Waals surface area (Å²) in [5.41, 5.74) is 3.94. The Morgan fingerprint density at radius 1 is 0.729 bits per heavy atom. The van der Waals surface area contributed by atoms with Gasteiger partial charge in [0.15, 0.2) is 16.9 Å². The van der Waals surface area contributed by atoms with Gasteiger partial charge in [0.25, 0.3) is 6.29 Å². The van der Waals surface area contributed by atoms with E-state index < -0.39 is 23.7 Å². The van der Waals surface area contributed by atoms with Crippen LogP contribution >= 0.6 is 11.3 Å². The lowest BCUT2D eigenvalue weighted by Crippen LogP contribution is -2.38. The molecular formula is C40H32N3O4S. The van der Waals surface area contributed by atoms with Gasteiger partial charge in [-0.25, -0.2) is 9.78 Å². The summed E-state index contributed by atoms with van der Waals surface area (Å²) >= 11 is 1.32. The van der Waals surface area contributed by atoms with E-state index in [1.165, 1.54) is 18.3 Å². The number of nitrogens with one attached hydrogen (secondary N) is 1. The number of hydrogen-bond acceptors (Lipinski definition) is 8. The largest absolute Gasteiger partial charge is 0.450 e. The summed E-state index contributed by atoms with van der Waals surface area (Å²) in [7, 11) is 0. The highest BCUT2D eigenvalue weighted by Crippen LogP contribution is 2.40. The van der Waals surface area contributed by atoms with Crippen LogP contribution in [0.25, 0.3) is 0 Å². The summed E-state index contributed by atoms with van der Waals surface area (Å²) in [4.78, 5) is 35.5. The average Bonchev–Trinajstić information content (AvgIpc) is 3.62. The number of ether oxygens (including phenoxy) is 1. The van der Waals surface area contributed by atoms with Gasteiger partial charge in [-0.3, -0.25) is 4.79 Å². The van der Waals surface area contributed by atoms with E-state index in [0.29, 0.717) is 5.13 Å². The van der Waals surface area contributed by atoms with E-state index in [-0.39, 0.29) is 11.4 Å². The van der Waals surface area contributed by atoms with E-state index in [1.807, 2.05) is 122 Å². The minimum absolute atomic E-state index is 0.175. The zero-order valence-electron chi connectivity index (χ0n) is 26.1. The number of carbonyl (C=O) groups excluding carboxylic acids is 2. The number of anilines is 1. The molecule has 0 saturated carbocycles. The molecule has 1 heterocycles. The minimum Gasteiger partial charge on any atom is -0.450 e. The second kappa shape index (κ2) is 15.2. The topological polar surface area (TPSA) is 89.9 Å². The van der Waals surface area contributed by atoms with Gasteiger partial charge in [-0.05, 0) is 34.7 Å². The Hall–Kier alpha value is -5.86. The lowest BCUT2D eigenvalue weighted by Gasteiger charge is -2.36. The van der Waals surface area contributed by atoms with Gasteiger partial charge in [-0.15, -0.1) is 11.3 Å². The molecule has 6 aromatic rings. The Kier molecular flexibility index (Phi) is 10.1. The molecule has 1 aromatic heterocycles. The Morgan fingerprint density at radius 3 is 1.60 bits per heavy atom. The van der Waals surface area contributed by atoms with Crippen molar-refractivity contribution in [2.24, 2.45) is 5.16 Å². The van der Waals surface area contributed by atoms with E-state index in [1.54, 1.807) is 5.38 Å². The summed E-state index contributed by atoms with van der Waals surface area (Å²) in [6, 6.07) is 49.3. The van der Waals surface area contributed by atoms with Crippen molar-refractivity contribution < 1.29 is 19.2 Å². The van der Waals surface area contributed by atoms with Crippen LogP contribution < -0.4 is 5.32 Å². The van der Waals surface area contributed by atoms with Gasteiger partial charge in [0, 0.05) is 5.38 Å². The fraction of sp³-hybridized carbons (Fsp3) is 0.100. The van der Waals surface area contributed by atoms with Gasteiger partial charge in [0.2, 0.25) is 6.10 Å². The van der Waals surface area contributed by atoms with Crippen molar-refractivity contribution in [2.75, 3.05) is 5.32 Å². The van der Waals surface area contributed by atoms with Crippen LogP contribution in [0.2, 0.25) is 0 Å². The molecule has 0 aliphatic heterocycles. The SMILES string of the molecule is C[C@H](O/N=C(\[C]=O)c1csc(NC(c2ccccc2)(c2ccccc2)c2ccccc2)n1)C(=O)OC(c1ccccc1)c1ccccc1. The van der Waals surface area contributed by atoms with Gasteiger partial charge in [-0.2, -0.15) is 0 Å². The number of hydrogen-bond donors (Lipinski definition) is 1. The summed E-state index contributed by atoms with van der Waals surface area (Å²) in [5.74, 6) is -0.638. The first kappa shape index (κ1) is 32.1. The third kappa shape index (κ3) is 7.09. The lowest BCUT2D eigenvalue weighted by atomic mass is 9.77. The van der Waals surface area contributed by atoms with Crippen molar-refractivity contribution in [3.05, 3.63) is 191 Å². The van der Waals surface area contributed by atoms with Gasteiger partial charge < -0.3 is 14.9 Å². The quantitative estimate of drug-likeness (QED) is 0.0588. The molecule has 7 nitrogen and oxygen atoms in total. The summed E-state index contributed by atoms with van der Waals surface area (Å²) in [6.07, 6.45) is 0.0653. The maximum absolute atomic E-state index is 13.2. The van der Waals surface area contributed by atoms with Crippen LogP contribution in [0.3, 0.4) is 0 Å². The van der Waals surface area contributed by atoms with E-state index in [2.05, 4.69) is 46.9 Å². The van der Waals surface area contributed by atoms with Crippen LogP contribution in [0.1, 0.15) is 46.5 Å². The Morgan fingerprint density at radius 2 is 1.17 bits per heavy atom. The molecule has 0 aliphatic carbocycles. The van der Waals surface area contributed by atoms with Crippen molar-refractivity contribution in [2.45, 2.75) is 24.7 Å². The third-order valence-electron chi connectivity index (χ3n) is 7.83. The maximum Gasteiger partial charge on any atom is 0.350 e. The Labute approximate surface area is 283 Å². The van der Waals surface area contributed by atoms with Gasteiger partial charge in [-0.1, -0.05) is 157 Å². The van der Waals surface area contributed by atoms with Crippen molar-refractivity contribution in [1.82, 2.24) is 4.98 Å². The van der Waals surface area contributed by atoms with Crippen molar-refractivity contribution in [3.8, 4) is 0 Å². The zero-order chi connectivity index (χ0) is 33.2. The molecule has 5 aromatic carbocycles. The molecule has 1 N–H and O–H groups in total. The number of carbonyl (C=O) groups is 1. The zero-order valence-corrected chi connectivity index (χ0v) is 26.9. The van der Waals surface area contributed by atoms with Crippen LogP contribution in [-0.2, 0) is 24.7 Å². The molecule has 0 spiro atoms. The summed E-state index contributed by atoms with van der Waals surface area (Å²) in [6.45, 7) is 1.52. The van der Waals surface area contributed by atoms with Crippen molar-refractivity contribution in [3.63, 3.8) is 0 Å². The highest BCUT2D eigenvalue weighted by Gasteiger charge is 2.37. The molecule has 0 bridgehead atoms. The molecule has 48 heavy (non-hydrogen) atoms. The highest BCUT2D eigenvalue weighted by atomic mass is 32.1. The molecule has 8 heteroatoms. The molecule has 0 fully saturated rings. The predicted octanol–water partition coefficient (Wildman–Crippen LogP) is 8.10. The van der Waals surface area contributed by atoms with E-state index in [9.17, 15) is 9.59 Å². The van der Waals surface area contributed by atoms with E-state index >= 15 is 0 Å². The average molecular weight is 651 g/mol. The van der Waals surface area contributed by atoms with Crippen LogP contribution in [-0.4, -0.2) is 29.1 Å². The smallest absolute Gasteiger partial charge is 0.350 e. The number of oxime groups is 1. The standard InChI is InChI=1S/C40H32N3O4S/c1-29(38(45)46-37(30-17-7-2-8-18-30)31-19-9-3-10-20-31)47-43-35(27-44)36-28-48-39(41-36)42-40(32-21-11-4-12-22-32,33-23-13-5-14-24-33)34-25-15-6-16-26-34/h2-26,28-29,37H,1H3,(H,41,42)/b43-35+/t29-/m0/s1. The third-order valence-corrected chi connectivity index (χ3v) is 8.59. The molecule has 1 atom stereocenters. The molecule has 0 saturated heterocycles. The second-order valence-electron chi connectivity index (χ2n) is 10.9. The molecule has 6 rings (SSSR count). The van der Waals surface area contributed by atoms with Crippen LogP contribution in [0.15, 0.2) is 162 Å². The fourth-order valence-corrected chi connectivity index (χ4v) is 6.22. The Bertz CT molecular complexity index is 1820. The van der Waals surface area contributed by atoms with Gasteiger partial charge in [0.05, 0.1) is 0 Å². The number of thiazole rings is 1. The lowest BCUT2D eigenvalue weighted by molar-refractivity contribution is -0.160. The maximum atomic E-state index is 13.2. The monoisotopic (exact) mass is 650 g/mol. The fourth-order valence-electron chi connectivity index (χ4n) is 5.47. The number of esters is 1. The second-order valence-corrected chi connectivity index (χ2v) is 11.8. The number of benzene rings is 5. The van der Waals surface area contributed by atoms with Gasteiger partial charge in [0.1, 0.15) is 11.2 Å². The van der Waals surface area contributed by atoms with Crippen LogP contribution in [0.5, 0.6) is 0 Å². The van der Waals surface area contributed by atoms with E-state index in [0.717, 1.165) is 27.8 Å². The summed E-state index contributed by atoms with van der Waals surface area (Å²) in [5, 5.41) is 9.91. The van der Waals surface area contributed by atoms with Gasteiger partial charge >= 0.3 is 5.97 Å². The van der Waals surface area contributed by atoms with Crippen molar-refractivity contribution in [1.29, 1.82) is 0 Å². The minimum atomic E-state index is -1.11.